The Kier molecular flexibility index (Phi) is 4.87. The van der Waals surface area contributed by atoms with E-state index < -0.39 is 0 Å². The molecule has 2 fully saturated rings. The Morgan fingerprint density at radius 2 is 2.23 bits per heavy atom. The molecule has 6 heteroatoms. The molecule has 0 N–H and O–H groups in total. The number of likely N-dealkylation sites (tertiary alicyclic amines) is 1. The molecule has 1 amide bonds. The van der Waals surface area contributed by atoms with E-state index in [0.717, 1.165) is 51.2 Å². The SMILES string of the molecule is CN(c1cccnn1)C1CCN(C(=O)C[C@H]2CCCO2)CC1. The van der Waals surface area contributed by atoms with Crippen molar-refractivity contribution in [3.05, 3.63) is 18.3 Å². The fourth-order valence-corrected chi connectivity index (χ4v) is 3.30. The van der Waals surface area contributed by atoms with Gasteiger partial charge in [0.2, 0.25) is 5.91 Å². The summed E-state index contributed by atoms with van der Waals surface area (Å²) in [6, 6.07) is 4.30. The van der Waals surface area contributed by atoms with Crippen LogP contribution in [0.5, 0.6) is 0 Å². The van der Waals surface area contributed by atoms with Gasteiger partial charge < -0.3 is 14.5 Å². The fraction of sp³-hybridized carbons (Fsp3) is 0.688. The van der Waals surface area contributed by atoms with Crippen LogP contribution >= 0.6 is 0 Å². The molecule has 0 saturated carbocycles. The zero-order valence-corrected chi connectivity index (χ0v) is 13.1. The molecule has 6 nitrogen and oxygen atoms in total. The van der Waals surface area contributed by atoms with E-state index in [9.17, 15) is 4.79 Å². The molecule has 2 saturated heterocycles. The van der Waals surface area contributed by atoms with Crippen LogP contribution in [-0.4, -0.2) is 59.9 Å². The van der Waals surface area contributed by atoms with Crippen molar-refractivity contribution in [2.75, 3.05) is 31.6 Å². The van der Waals surface area contributed by atoms with Crippen molar-refractivity contribution in [2.45, 2.75) is 44.2 Å². The summed E-state index contributed by atoms with van der Waals surface area (Å²) in [5.41, 5.74) is 0. The maximum atomic E-state index is 12.3. The third-order valence-electron chi connectivity index (χ3n) is 4.71. The zero-order valence-electron chi connectivity index (χ0n) is 13.1. The average Bonchev–Trinajstić information content (AvgIpc) is 3.08. The summed E-state index contributed by atoms with van der Waals surface area (Å²) in [4.78, 5) is 16.5. The van der Waals surface area contributed by atoms with E-state index in [4.69, 9.17) is 4.74 Å². The summed E-state index contributed by atoms with van der Waals surface area (Å²) in [5.74, 6) is 1.14. The van der Waals surface area contributed by atoms with Gasteiger partial charge in [0.25, 0.3) is 0 Å². The highest BCUT2D eigenvalue weighted by Gasteiger charge is 2.28. The largest absolute Gasteiger partial charge is 0.378 e. The molecule has 0 radical (unpaired) electrons. The molecule has 3 heterocycles. The summed E-state index contributed by atoms with van der Waals surface area (Å²) in [7, 11) is 2.05. The maximum Gasteiger partial charge on any atom is 0.225 e. The van der Waals surface area contributed by atoms with Crippen LogP contribution in [0, 0.1) is 0 Å². The first kappa shape index (κ1) is 15.2. The first-order chi connectivity index (χ1) is 10.7. The average molecular weight is 304 g/mol. The Hall–Kier alpha value is -1.69. The topological polar surface area (TPSA) is 58.6 Å². The molecule has 0 aliphatic carbocycles. The fourth-order valence-electron chi connectivity index (χ4n) is 3.30. The predicted octanol–water partition coefficient (Wildman–Crippen LogP) is 1.47. The summed E-state index contributed by atoms with van der Waals surface area (Å²) in [6.07, 6.45) is 6.44. The Bertz CT molecular complexity index is 482. The lowest BCUT2D eigenvalue weighted by molar-refractivity contribution is -0.134. The quantitative estimate of drug-likeness (QED) is 0.843. The van der Waals surface area contributed by atoms with Gasteiger partial charge in [0.1, 0.15) is 0 Å². The number of hydrogen-bond acceptors (Lipinski definition) is 5. The van der Waals surface area contributed by atoms with E-state index in [2.05, 4.69) is 22.1 Å². The minimum atomic E-state index is 0.146. The van der Waals surface area contributed by atoms with E-state index in [-0.39, 0.29) is 12.0 Å². The van der Waals surface area contributed by atoms with Crippen molar-refractivity contribution in [1.82, 2.24) is 15.1 Å². The van der Waals surface area contributed by atoms with E-state index in [1.807, 2.05) is 17.0 Å². The van der Waals surface area contributed by atoms with Crippen molar-refractivity contribution >= 4 is 11.7 Å². The number of ether oxygens (including phenoxy) is 1. The summed E-state index contributed by atoms with van der Waals surface area (Å²) >= 11 is 0. The molecule has 22 heavy (non-hydrogen) atoms. The molecular weight excluding hydrogens is 280 g/mol. The van der Waals surface area contributed by atoms with Gasteiger partial charge in [-0.2, -0.15) is 5.10 Å². The van der Waals surface area contributed by atoms with Crippen molar-refractivity contribution in [1.29, 1.82) is 0 Å². The lowest BCUT2D eigenvalue weighted by atomic mass is 10.0. The van der Waals surface area contributed by atoms with Crippen LogP contribution in [0.3, 0.4) is 0 Å². The van der Waals surface area contributed by atoms with E-state index in [1.165, 1.54) is 0 Å². The molecule has 0 bridgehead atoms. The summed E-state index contributed by atoms with van der Waals surface area (Å²) in [5, 5.41) is 8.09. The van der Waals surface area contributed by atoms with E-state index in [0.29, 0.717) is 12.5 Å². The maximum absolute atomic E-state index is 12.3. The van der Waals surface area contributed by atoms with Gasteiger partial charge >= 0.3 is 0 Å². The van der Waals surface area contributed by atoms with Crippen LogP contribution in [0.15, 0.2) is 18.3 Å². The third kappa shape index (κ3) is 3.55. The first-order valence-electron chi connectivity index (χ1n) is 8.14. The number of piperidine rings is 1. The van der Waals surface area contributed by atoms with Gasteiger partial charge in [-0.25, -0.2) is 0 Å². The van der Waals surface area contributed by atoms with E-state index in [1.54, 1.807) is 6.20 Å². The minimum absolute atomic E-state index is 0.146. The highest BCUT2D eigenvalue weighted by atomic mass is 16.5. The lowest BCUT2D eigenvalue weighted by Crippen LogP contribution is -2.46. The number of carbonyl (C=O) groups excluding carboxylic acids is 1. The molecule has 120 valence electrons. The second-order valence-corrected chi connectivity index (χ2v) is 6.14. The van der Waals surface area contributed by atoms with Crippen molar-refractivity contribution in [3.63, 3.8) is 0 Å². The molecule has 0 spiro atoms. The van der Waals surface area contributed by atoms with Crippen LogP contribution in [-0.2, 0) is 9.53 Å². The van der Waals surface area contributed by atoms with Crippen LogP contribution in [0.2, 0.25) is 0 Å². The van der Waals surface area contributed by atoms with Gasteiger partial charge in [0, 0.05) is 39.0 Å². The number of nitrogens with zero attached hydrogens (tertiary/aromatic N) is 4. The third-order valence-corrected chi connectivity index (χ3v) is 4.71. The van der Waals surface area contributed by atoms with E-state index >= 15 is 0 Å². The molecule has 2 aliphatic rings. The predicted molar refractivity (Wildman–Crippen MR) is 83.6 cm³/mol. The molecule has 0 unspecified atom stereocenters. The van der Waals surface area contributed by atoms with Gasteiger partial charge in [-0.3, -0.25) is 4.79 Å². The van der Waals surface area contributed by atoms with Gasteiger partial charge in [-0.15, -0.1) is 5.10 Å². The molecule has 1 aromatic rings. The monoisotopic (exact) mass is 304 g/mol. The Balaban J connectivity index is 1.48. The smallest absolute Gasteiger partial charge is 0.225 e. The second kappa shape index (κ2) is 7.05. The standard InChI is InChI=1S/C16H24N4O2/c1-19(15-5-2-8-17-18-15)13-6-9-20(10-7-13)16(21)12-14-4-3-11-22-14/h2,5,8,13-14H,3-4,6-7,9-12H2,1H3/t14-/m1/s1. The second-order valence-electron chi connectivity index (χ2n) is 6.14. The van der Waals surface area contributed by atoms with Crippen LogP contribution in [0.1, 0.15) is 32.1 Å². The summed E-state index contributed by atoms with van der Waals surface area (Å²) in [6.45, 7) is 2.45. The van der Waals surface area contributed by atoms with Crippen LogP contribution < -0.4 is 4.90 Å². The van der Waals surface area contributed by atoms with Crippen LogP contribution in [0.25, 0.3) is 0 Å². The number of hydrogen-bond donors (Lipinski definition) is 0. The van der Waals surface area contributed by atoms with Crippen molar-refractivity contribution in [3.8, 4) is 0 Å². The molecule has 1 aromatic heterocycles. The van der Waals surface area contributed by atoms with Crippen molar-refractivity contribution < 1.29 is 9.53 Å². The molecule has 2 aliphatic heterocycles. The first-order valence-corrected chi connectivity index (χ1v) is 8.14. The van der Waals surface area contributed by atoms with Gasteiger partial charge in [0.15, 0.2) is 5.82 Å². The normalized spacial score (nSPS) is 22.8. The summed E-state index contributed by atoms with van der Waals surface area (Å²) < 4.78 is 5.56. The Labute approximate surface area is 131 Å². The van der Waals surface area contributed by atoms with Gasteiger partial charge in [0.05, 0.1) is 12.5 Å². The molecule has 3 rings (SSSR count). The highest BCUT2D eigenvalue weighted by molar-refractivity contribution is 5.76. The minimum Gasteiger partial charge on any atom is -0.378 e. The number of carbonyl (C=O) groups is 1. The Morgan fingerprint density at radius 1 is 1.41 bits per heavy atom. The molecular formula is C16H24N4O2. The lowest BCUT2D eigenvalue weighted by Gasteiger charge is -2.37. The number of anilines is 1. The Morgan fingerprint density at radius 3 is 2.86 bits per heavy atom. The number of rotatable bonds is 4. The van der Waals surface area contributed by atoms with Crippen molar-refractivity contribution in [2.24, 2.45) is 0 Å². The van der Waals surface area contributed by atoms with Crippen LogP contribution in [0.4, 0.5) is 5.82 Å². The highest BCUT2D eigenvalue weighted by Crippen LogP contribution is 2.22. The molecule has 1 atom stereocenters. The molecule has 0 aromatic carbocycles. The van der Waals surface area contributed by atoms with Gasteiger partial charge in [-0.1, -0.05) is 0 Å². The van der Waals surface area contributed by atoms with Gasteiger partial charge in [-0.05, 0) is 37.8 Å². The number of aromatic nitrogens is 2. The number of amides is 1. The zero-order chi connectivity index (χ0) is 15.4.